The van der Waals surface area contributed by atoms with Crippen LogP contribution in [0.15, 0.2) is 40.3 Å². The lowest BCUT2D eigenvalue weighted by molar-refractivity contribution is -0.274. The molecule has 8 nitrogen and oxygen atoms in total. The number of piperazine rings is 1. The molecule has 0 atom stereocenters. The number of alkyl halides is 3. The number of benzene rings is 2. The molecular formula is C24H25Cl2F3N4O4S. The van der Waals surface area contributed by atoms with E-state index >= 15 is 0 Å². The zero-order valence-electron chi connectivity index (χ0n) is 20.6. The monoisotopic (exact) mass is 592 g/mol. The SMILES string of the molecule is CCS(=O)(=O)c1ccc(Cl)cc1Cn1cnc2c(Cl)c(CN3CCN(C)CC3)c(OC(F)(F)F)cc2c1=O. The van der Waals surface area contributed by atoms with Crippen LogP contribution in [0, 0.1) is 0 Å². The van der Waals surface area contributed by atoms with Crippen molar-refractivity contribution in [2.45, 2.75) is 31.3 Å². The van der Waals surface area contributed by atoms with Gasteiger partial charge in [-0.2, -0.15) is 0 Å². The third-order valence-corrected chi connectivity index (χ3v) is 8.87. The Morgan fingerprint density at radius 2 is 1.76 bits per heavy atom. The fourth-order valence-corrected chi connectivity index (χ4v) is 5.91. The van der Waals surface area contributed by atoms with Gasteiger partial charge in [0.1, 0.15) is 5.75 Å². The number of hydrogen-bond acceptors (Lipinski definition) is 7. The quantitative estimate of drug-likeness (QED) is 0.406. The number of halogens is 5. The first-order chi connectivity index (χ1) is 17.8. The highest BCUT2D eigenvalue weighted by Crippen LogP contribution is 2.36. The molecule has 2 heterocycles. The first-order valence-corrected chi connectivity index (χ1v) is 14.1. The summed E-state index contributed by atoms with van der Waals surface area (Å²) in [6.07, 6.45) is -3.83. The first-order valence-electron chi connectivity index (χ1n) is 11.7. The van der Waals surface area contributed by atoms with Crippen LogP contribution in [-0.2, 0) is 22.9 Å². The number of nitrogens with zero attached hydrogens (tertiary/aromatic N) is 4. The Labute approximate surface area is 227 Å². The van der Waals surface area contributed by atoms with Crippen LogP contribution in [0.5, 0.6) is 5.75 Å². The number of hydrogen-bond donors (Lipinski definition) is 0. The standard InChI is InChI=1S/C24H25Cl2F3N4O4S/c1-3-38(35,36)20-5-4-16(25)10-15(20)12-33-14-30-22-17(23(33)34)11-19(37-24(27,28)29)18(21(22)26)13-32-8-6-31(2)7-9-32/h4-5,10-11,14H,3,6-9,12-13H2,1-2H3. The predicted octanol–water partition coefficient (Wildman–Crippen LogP) is 4.19. The lowest BCUT2D eigenvalue weighted by atomic mass is 10.1. The van der Waals surface area contributed by atoms with Crippen LogP contribution in [0.25, 0.3) is 10.9 Å². The molecule has 1 aliphatic rings. The second-order valence-electron chi connectivity index (χ2n) is 9.02. The highest BCUT2D eigenvalue weighted by atomic mass is 35.5. The lowest BCUT2D eigenvalue weighted by Gasteiger charge is -2.33. The Morgan fingerprint density at radius 3 is 2.39 bits per heavy atom. The molecule has 1 aromatic heterocycles. The Bertz CT molecular complexity index is 1520. The number of aromatic nitrogens is 2. The van der Waals surface area contributed by atoms with Gasteiger partial charge in [0.15, 0.2) is 9.84 Å². The summed E-state index contributed by atoms with van der Waals surface area (Å²) < 4.78 is 70.5. The maximum atomic E-state index is 13.4. The van der Waals surface area contributed by atoms with Gasteiger partial charge < -0.3 is 9.64 Å². The molecule has 0 bridgehead atoms. The summed E-state index contributed by atoms with van der Waals surface area (Å²) in [4.78, 5) is 21.7. The van der Waals surface area contributed by atoms with Gasteiger partial charge in [0.25, 0.3) is 5.56 Å². The van der Waals surface area contributed by atoms with E-state index in [1.807, 2.05) is 11.9 Å². The van der Waals surface area contributed by atoms with E-state index in [-0.39, 0.29) is 55.8 Å². The maximum Gasteiger partial charge on any atom is 0.573 e. The molecule has 1 fully saturated rings. The molecule has 14 heteroatoms. The van der Waals surface area contributed by atoms with Crippen molar-refractivity contribution in [3.05, 3.63) is 62.1 Å². The normalized spacial score (nSPS) is 15.8. The molecule has 0 aliphatic carbocycles. The summed E-state index contributed by atoms with van der Waals surface area (Å²) in [5.41, 5.74) is -0.363. The average molecular weight is 593 g/mol. The Hall–Kier alpha value is -2.38. The Balaban J connectivity index is 1.81. The molecule has 4 rings (SSSR count). The van der Waals surface area contributed by atoms with Crippen LogP contribution in [0.1, 0.15) is 18.1 Å². The van der Waals surface area contributed by atoms with Crippen LogP contribution in [0.3, 0.4) is 0 Å². The molecule has 0 spiro atoms. The smallest absolute Gasteiger partial charge is 0.405 e. The molecule has 1 aliphatic heterocycles. The molecule has 206 valence electrons. The fraction of sp³-hybridized carbons (Fsp3) is 0.417. The molecule has 0 amide bonds. The summed E-state index contributed by atoms with van der Waals surface area (Å²) >= 11 is 12.6. The van der Waals surface area contributed by atoms with Gasteiger partial charge in [-0.05, 0) is 36.9 Å². The largest absolute Gasteiger partial charge is 0.573 e. The van der Waals surface area contributed by atoms with Gasteiger partial charge in [-0.25, -0.2) is 13.4 Å². The highest BCUT2D eigenvalue weighted by Gasteiger charge is 2.34. The van der Waals surface area contributed by atoms with E-state index in [0.717, 1.165) is 23.7 Å². The van der Waals surface area contributed by atoms with Crippen LogP contribution in [0.2, 0.25) is 10.0 Å². The van der Waals surface area contributed by atoms with Crippen LogP contribution in [0.4, 0.5) is 13.2 Å². The second kappa shape index (κ2) is 11.0. The zero-order chi connectivity index (χ0) is 27.8. The predicted molar refractivity (Wildman–Crippen MR) is 139 cm³/mol. The van der Waals surface area contributed by atoms with Crippen LogP contribution >= 0.6 is 23.2 Å². The van der Waals surface area contributed by atoms with Gasteiger partial charge in [-0.1, -0.05) is 30.1 Å². The fourth-order valence-electron chi connectivity index (χ4n) is 4.30. The van der Waals surface area contributed by atoms with E-state index in [1.165, 1.54) is 31.5 Å². The third kappa shape index (κ3) is 6.26. The van der Waals surface area contributed by atoms with Gasteiger partial charge >= 0.3 is 6.36 Å². The minimum Gasteiger partial charge on any atom is -0.405 e. The summed E-state index contributed by atoms with van der Waals surface area (Å²) in [6, 6.07) is 5.20. The second-order valence-corrected chi connectivity index (χ2v) is 12.1. The van der Waals surface area contributed by atoms with Crippen molar-refractivity contribution in [3.8, 4) is 5.75 Å². The number of likely N-dealkylation sites (N-methyl/N-ethyl adjacent to an activating group) is 1. The van der Waals surface area contributed by atoms with Crippen molar-refractivity contribution >= 4 is 43.9 Å². The minimum atomic E-state index is -5.01. The van der Waals surface area contributed by atoms with E-state index in [9.17, 15) is 26.4 Å². The molecule has 3 aromatic rings. The molecule has 38 heavy (non-hydrogen) atoms. The third-order valence-electron chi connectivity index (χ3n) is 6.40. The molecule has 0 saturated carbocycles. The lowest BCUT2D eigenvalue weighted by Crippen LogP contribution is -2.44. The molecule has 2 aromatic carbocycles. The molecule has 0 radical (unpaired) electrons. The Kier molecular flexibility index (Phi) is 8.29. The number of rotatable bonds is 7. The molecular weight excluding hydrogens is 568 g/mol. The highest BCUT2D eigenvalue weighted by molar-refractivity contribution is 7.91. The Morgan fingerprint density at radius 1 is 1.08 bits per heavy atom. The van der Waals surface area contributed by atoms with Gasteiger partial charge in [0.2, 0.25) is 0 Å². The first kappa shape index (κ1) is 28.6. The average Bonchev–Trinajstić information content (AvgIpc) is 2.84. The van der Waals surface area contributed by atoms with Crippen molar-refractivity contribution < 1.29 is 26.3 Å². The van der Waals surface area contributed by atoms with Gasteiger partial charge in [-0.3, -0.25) is 14.3 Å². The van der Waals surface area contributed by atoms with Gasteiger partial charge in [0, 0.05) is 43.3 Å². The number of sulfone groups is 1. The van der Waals surface area contributed by atoms with E-state index < -0.39 is 27.5 Å². The van der Waals surface area contributed by atoms with Gasteiger partial charge in [0.05, 0.1) is 39.4 Å². The number of fused-ring (bicyclic) bond motifs is 1. The van der Waals surface area contributed by atoms with E-state index in [1.54, 1.807) is 0 Å². The summed E-state index contributed by atoms with van der Waals surface area (Å²) in [6.45, 7) is 4.06. The van der Waals surface area contributed by atoms with Crippen molar-refractivity contribution in [2.75, 3.05) is 39.0 Å². The summed E-state index contributed by atoms with van der Waals surface area (Å²) in [5, 5.41) is -0.0444. The maximum absolute atomic E-state index is 13.4. The van der Waals surface area contributed by atoms with Gasteiger partial charge in [-0.15, -0.1) is 13.2 Å². The minimum absolute atomic E-state index is 0.00181. The van der Waals surface area contributed by atoms with Crippen molar-refractivity contribution in [1.82, 2.24) is 19.4 Å². The topological polar surface area (TPSA) is 84.7 Å². The number of ether oxygens (including phenoxy) is 1. The molecule has 1 saturated heterocycles. The van der Waals surface area contributed by atoms with Crippen molar-refractivity contribution in [1.29, 1.82) is 0 Å². The van der Waals surface area contributed by atoms with Crippen molar-refractivity contribution in [2.24, 2.45) is 0 Å². The van der Waals surface area contributed by atoms with Crippen LogP contribution < -0.4 is 10.3 Å². The van der Waals surface area contributed by atoms with E-state index in [2.05, 4.69) is 14.6 Å². The molecule has 0 unspecified atom stereocenters. The zero-order valence-corrected chi connectivity index (χ0v) is 22.9. The molecule has 0 N–H and O–H groups in total. The van der Waals surface area contributed by atoms with Crippen molar-refractivity contribution in [3.63, 3.8) is 0 Å². The van der Waals surface area contributed by atoms with Crippen LogP contribution in [-0.4, -0.2) is 73.1 Å². The van der Waals surface area contributed by atoms with E-state index in [4.69, 9.17) is 23.2 Å². The van der Waals surface area contributed by atoms with E-state index in [0.29, 0.717) is 13.1 Å². The summed E-state index contributed by atoms with van der Waals surface area (Å²) in [5.74, 6) is -0.751. The summed E-state index contributed by atoms with van der Waals surface area (Å²) in [7, 11) is -1.69.